The number of amides is 1. The number of rotatable bonds is 3. The van der Waals surface area contributed by atoms with Crippen molar-refractivity contribution in [2.45, 2.75) is 27.2 Å². The number of hydrogen-bond acceptors (Lipinski definition) is 2. The van der Waals surface area contributed by atoms with Crippen molar-refractivity contribution < 1.29 is 9.18 Å². The minimum Gasteiger partial charge on any atom is -0.326 e. The van der Waals surface area contributed by atoms with Crippen molar-refractivity contribution in [3.05, 3.63) is 29.6 Å². The zero-order chi connectivity index (χ0) is 13.1. The second-order valence-corrected chi connectivity index (χ2v) is 4.50. The second kappa shape index (κ2) is 4.96. The molecule has 1 aromatic carbocycles. The van der Waals surface area contributed by atoms with Crippen LogP contribution < -0.4 is 5.32 Å². The first kappa shape index (κ1) is 13.2. The van der Waals surface area contributed by atoms with Gasteiger partial charge in [0.1, 0.15) is 11.9 Å². The highest BCUT2D eigenvalue weighted by atomic mass is 19.1. The van der Waals surface area contributed by atoms with E-state index in [1.165, 1.54) is 12.1 Å². The molecule has 0 aliphatic rings. The third kappa shape index (κ3) is 3.04. The Balaban J connectivity index is 2.88. The highest BCUT2D eigenvalue weighted by molar-refractivity contribution is 5.94. The molecule has 0 saturated heterocycles. The summed E-state index contributed by atoms with van der Waals surface area (Å²) in [6.07, 6.45) is 0.692. The van der Waals surface area contributed by atoms with Gasteiger partial charge in [0, 0.05) is 11.1 Å². The maximum atomic E-state index is 13.3. The molecule has 1 N–H and O–H groups in total. The van der Waals surface area contributed by atoms with E-state index in [-0.39, 0.29) is 11.5 Å². The summed E-state index contributed by atoms with van der Waals surface area (Å²) < 4.78 is 13.3. The quantitative estimate of drug-likeness (QED) is 0.873. The van der Waals surface area contributed by atoms with Crippen molar-refractivity contribution in [1.29, 1.82) is 5.26 Å². The Bertz CT molecular complexity index is 475. The van der Waals surface area contributed by atoms with E-state index in [9.17, 15) is 9.18 Å². The fourth-order valence-electron chi connectivity index (χ4n) is 1.14. The van der Waals surface area contributed by atoms with Crippen molar-refractivity contribution in [3.8, 4) is 6.07 Å². The molecule has 3 nitrogen and oxygen atoms in total. The molecule has 0 saturated carbocycles. The summed E-state index contributed by atoms with van der Waals surface area (Å²) in [5.41, 5.74) is -0.157. The fourth-order valence-corrected chi connectivity index (χ4v) is 1.14. The van der Waals surface area contributed by atoms with Gasteiger partial charge in [0.2, 0.25) is 5.91 Å². The van der Waals surface area contributed by atoms with E-state index in [0.29, 0.717) is 12.1 Å². The largest absolute Gasteiger partial charge is 0.326 e. The first-order valence-electron chi connectivity index (χ1n) is 5.42. The monoisotopic (exact) mass is 234 g/mol. The van der Waals surface area contributed by atoms with E-state index >= 15 is 0 Å². The molecule has 1 rings (SSSR count). The predicted octanol–water partition coefficient (Wildman–Crippen LogP) is 3.07. The van der Waals surface area contributed by atoms with Crippen LogP contribution in [0.2, 0.25) is 0 Å². The van der Waals surface area contributed by atoms with Crippen LogP contribution in [0.25, 0.3) is 0 Å². The summed E-state index contributed by atoms with van der Waals surface area (Å²) >= 11 is 0. The molecule has 90 valence electrons. The number of benzene rings is 1. The normalized spacial score (nSPS) is 10.8. The molecule has 0 bridgehead atoms. The lowest BCUT2D eigenvalue weighted by Crippen LogP contribution is -2.30. The Kier molecular flexibility index (Phi) is 3.84. The van der Waals surface area contributed by atoms with Gasteiger partial charge in [0.25, 0.3) is 0 Å². The Hall–Kier alpha value is -1.89. The lowest BCUT2D eigenvalue weighted by atomic mass is 9.89. The zero-order valence-corrected chi connectivity index (χ0v) is 10.2. The molecule has 0 aliphatic heterocycles. The smallest absolute Gasteiger partial charge is 0.230 e. The molecule has 1 aromatic rings. The van der Waals surface area contributed by atoms with Gasteiger partial charge in [-0.25, -0.2) is 4.39 Å². The summed E-state index contributed by atoms with van der Waals surface area (Å²) in [7, 11) is 0. The molecule has 0 aromatic heterocycles. The van der Waals surface area contributed by atoms with Crippen LogP contribution in [0.5, 0.6) is 0 Å². The molecule has 4 heteroatoms. The maximum Gasteiger partial charge on any atom is 0.230 e. The number of nitrogens with zero attached hydrogens (tertiary/aromatic N) is 1. The van der Waals surface area contributed by atoms with E-state index in [1.807, 2.05) is 20.8 Å². The van der Waals surface area contributed by atoms with Crippen LogP contribution in [0.3, 0.4) is 0 Å². The third-order valence-electron chi connectivity index (χ3n) is 2.85. The first-order chi connectivity index (χ1) is 7.90. The summed E-state index contributed by atoms with van der Waals surface area (Å²) in [6.45, 7) is 5.56. The average molecular weight is 234 g/mol. The number of nitriles is 1. The van der Waals surface area contributed by atoms with Crippen LogP contribution in [0.15, 0.2) is 18.2 Å². The molecular weight excluding hydrogens is 219 g/mol. The predicted molar refractivity (Wildman–Crippen MR) is 63.8 cm³/mol. The summed E-state index contributed by atoms with van der Waals surface area (Å²) in [4.78, 5) is 11.8. The van der Waals surface area contributed by atoms with E-state index in [4.69, 9.17) is 5.26 Å². The Morgan fingerprint density at radius 1 is 1.53 bits per heavy atom. The summed E-state index contributed by atoms with van der Waals surface area (Å²) in [5, 5.41) is 11.2. The molecule has 1 amide bonds. The fraction of sp³-hybridized carbons (Fsp3) is 0.385. The molecule has 0 spiro atoms. The van der Waals surface area contributed by atoms with Gasteiger partial charge >= 0.3 is 0 Å². The van der Waals surface area contributed by atoms with Gasteiger partial charge in [-0.2, -0.15) is 5.26 Å². The molecule has 0 heterocycles. The van der Waals surface area contributed by atoms with Gasteiger partial charge in [0.15, 0.2) is 0 Å². The van der Waals surface area contributed by atoms with Crippen molar-refractivity contribution in [1.82, 2.24) is 0 Å². The van der Waals surface area contributed by atoms with Crippen molar-refractivity contribution in [2.75, 3.05) is 5.32 Å². The van der Waals surface area contributed by atoms with Crippen LogP contribution in [-0.2, 0) is 4.79 Å². The number of anilines is 1. The van der Waals surface area contributed by atoms with Gasteiger partial charge in [-0.3, -0.25) is 4.79 Å². The zero-order valence-electron chi connectivity index (χ0n) is 10.2. The first-order valence-corrected chi connectivity index (χ1v) is 5.42. The van der Waals surface area contributed by atoms with Crippen LogP contribution in [0.4, 0.5) is 10.1 Å². The van der Waals surface area contributed by atoms with E-state index in [2.05, 4.69) is 5.32 Å². The molecule has 0 radical (unpaired) electrons. The molecular formula is C13H15FN2O. The number of carbonyl (C=O) groups excluding carboxylic acids is 1. The van der Waals surface area contributed by atoms with Crippen LogP contribution in [-0.4, -0.2) is 5.91 Å². The summed E-state index contributed by atoms with van der Waals surface area (Å²) in [5.74, 6) is -0.788. The molecule has 0 fully saturated rings. The van der Waals surface area contributed by atoms with E-state index in [1.54, 1.807) is 6.07 Å². The van der Waals surface area contributed by atoms with Crippen LogP contribution in [0, 0.1) is 22.6 Å². The lowest BCUT2D eigenvalue weighted by Gasteiger charge is -2.21. The van der Waals surface area contributed by atoms with Gasteiger partial charge in [-0.15, -0.1) is 0 Å². The standard InChI is InChI=1S/C13H15FN2O/c1-4-13(2,3)12(17)16-10-6-5-9(8-15)11(14)7-10/h5-7H,4H2,1-3H3,(H,16,17). The number of hydrogen-bond donors (Lipinski definition) is 1. The lowest BCUT2D eigenvalue weighted by molar-refractivity contribution is -0.124. The highest BCUT2D eigenvalue weighted by Gasteiger charge is 2.25. The maximum absolute atomic E-state index is 13.3. The van der Waals surface area contributed by atoms with Crippen LogP contribution >= 0.6 is 0 Å². The molecule has 0 atom stereocenters. The minimum absolute atomic E-state index is 0.0299. The molecule has 0 aliphatic carbocycles. The average Bonchev–Trinajstić information content (AvgIpc) is 2.29. The van der Waals surface area contributed by atoms with Gasteiger partial charge < -0.3 is 5.32 Å². The minimum atomic E-state index is -0.625. The van der Waals surface area contributed by atoms with Crippen LogP contribution in [0.1, 0.15) is 32.8 Å². The Labute approximate surface area is 100 Å². The van der Waals surface area contributed by atoms with Gasteiger partial charge in [-0.1, -0.05) is 20.8 Å². The van der Waals surface area contributed by atoms with Crippen molar-refractivity contribution in [3.63, 3.8) is 0 Å². The number of halogens is 1. The number of nitrogens with one attached hydrogen (secondary N) is 1. The van der Waals surface area contributed by atoms with Gasteiger partial charge in [-0.05, 0) is 24.6 Å². The highest BCUT2D eigenvalue weighted by Crippen LogP contribution is 2.23. The second-order valence-electron chi connectivity index (χ2n) is 4.50. The van der Waals surface area contributed by atoms with Gasteiger partial charge in [0.05, 0.1) is 5.56 Å². The number of carbonyl (C=O) groups is 1. The molecule has 17 heavy (non-hydrogen) atoms. The molecule has 0 unspecified atom stereocenters. The van der Waals surface area contributed by atoms with E-state index < -0.39 is 11.2 Å². The summed E-state index contributed by atoms with van der Waals surface area (Å²) in [6, 6.07) is 5.75. The van der Waals surface area contributed by atoms with Crippen molar-refractivity contribution >= 4 is 11.6 Å². The van der Waals surface area contributed by atoms with E-state index in [0.717, 1.165) is 6.07 Å². The Morgan fingerprint density at radius 3 is 2.65 bits per heavy atom. The third-order valence-corrected chi connectivity index (χ3v) is 2.85. The topological polar surface area (TPSA) is 52.9 Å². The Morgan fingerprint density at radius 2 is 2.18 bits per heavy atom. The van der Waals surface area contributed by atoms with Crippen molar-refractivity contribution in [2.24, 2.45) is 5.41 Å². The SMILES string of the molecule is CCC(C)(C)C(=O)Nc1ccc(C#N)c(F)c1.